The molecule has 0 fully saturated rings. The summed E-state index contributed by atoms with van der Waals surface area (Å²) < 4.78 is 0. The van der Waals surface area contributed by atoms with Crippen molar-refractivity contribution in [2.75, 3.05) is 4.90 Å². The second-order valence-electron chi connectivity index (χ2n) is 5.16. The average Bonchev–Trinajstić information content (AvgIpc) is 2.43. The molecule has 0 saturated heterocycles. The number of carbonyl (C=O) groups excluding carboxylic acids is 1. The minimum absolute atomic E-state index is 0.0809. The number of fused-ring (bicyclic) bond motifs is 2. The fourth-order valence-electron chi connectivity index (χ4n) is 2.59. The first kappa shape index (κ1) is 14.5. The van der Waals surface area contributed by atoms with Crippen LogP contribution in [0.1, 0.15) is 18.1 Å². The summed E-state index contributed by atoms with van der Waals surface area (Å²) in [6.45, 7) is 5.39. The van der Waals surface area contributed by atoms with Gasteiger partial charge in [-0.25, -0.2) is 4.98 Å². The maximum absolute atomic E-state index is 12.1. The van der Waals surface area contributed by atoms with Crippen molar-refractivity contribution in [2.24, 2.45) is 0 Å². The first-order valence-corrected chi connectivity index (χ1v) is 7.44. The Morgan fingerprint density at radius 2 is 2.00 bits per heavy atom. The molecule has 0 saturated carbocycles. The van der Waals surface area contributed by atoms with Gasteiger partial charge in [-0.2, -0.15) is 0 Å². The van der Waals surface area contributed by atoms with Crippen LogP contribution in [0.15, 0.2) is 34.2 Å². The molecule has 6 nitrogen and oxygen atoms in total. The van der Waals surface area contributed by atoms with Crippen LogP contribution in [-0.4, -0.2) is 15.8 Å². The molecular weight excluding hydrogens is 302 g/mol. The van der Waals surface area contributed by atoms with Crippen LogP contribution in [0, 0.1) is 24.0 Å². The zero-order valence-corrected chi connectivity index (χ0v) is 13.1. The van der Waals surface area contributed by atoms with Crippen LogP contribution in [0.5, 0.6) is 0 Å². The summed E-state index contributed by atoms with van der Waals surface area (Å²) >= 11 is 1.40. The summed E-state index contributed by atoms with van der Waals surface area (Å²) in [4.78, 5) is 29.8. The number of hydrogen-bond acceptors (Lipinski definition) is 5. The third-order valence-electron chi connectivity index (χ3n) is 3.41. The molecule has 0 spiro atoms. The van der Waals surface area contributed by atoms with Gasteiger partial charge < -0.3 is 0 Å². The number of aromatic nitrogens is 1. The van der Waals surface area contributed by atoms with Gasteiger partial charge in [0.1, 0.15) is 6.20 Å². The van der Waals surface area contributed by atoms with Crippen LogP contribution in [0.4, 0.5) is 17.2 Å². The van der Waals surface area contributed by atoms with Crippen molar-refractivity contribution in [1.29, 1.82) is 0 Å². The van der Waals surface area contributed by atoms with Crippen molar-refractivity contribution in [1.82, 2.24) is 4.98 Å². The van der Waals surface area contributed by atoms with Crippen LogP contribution in [-0.2, 0) is 4.79 Å². The van der Waals surface area contributed by atoms with E-state index in [1.807, 2.05) is 26.0 Å². The fraction of sp³-hybridized carbons (Fsp3) is 0.200. The highest BCUT2D eigenvalue weighted by Crippen LogP contribution is 2.49. The molecule has 3 rings (SSSR count). The largest absolute Gasteiger partial charge is 0.288 e. The number of benzene rings is 1. The summed E-state index contributed by atoms with van der Waals surface area (Å²) in [7, 11) is 0. The highest BCUT2D eigenvalue weighted by molar-refractivity contribution is 7.99. The molecule has 22 heavy (non-hydrogen) atoms. The van der Waals surface area contributed by atoms with Crippen LogP contribution in [0.3, 0.4) is 0 Å². The SMILES string of the molecule is CC(=O)N1c2ncc([N+](=O)[O-])cc2Sc2cc(C)cc(C)c21. The van der Waals surface area contributed by atoms with E-state index in [1.54, 1.807) is 0 Å². The van der Waals surface area contributed by atoms with E-state index in [0.29, 0.717) is 10.7 Å². The molecule has 0 radical (unpaired) electrons. The minimum atomic E-state index is -0.483. The predicted octanol–water partition coefficient (Wildman–Crippen LogP) is 3.76. The van der Waals surface area contributed by atoms with Gasteiger partial charge in [0.15, 0.2) is 5.82 Å². The summed E-state index contributed by atoms with van der Waals surface area (Å²) in [6, 6.07) is 5.44. The number of nitro groups is 1. The summed E-state index contributed by atoms with van der Waals surface area (Å²) in [6.07, 6.45) is 1.18. The van der Waals surface area contributed by atoms with Crippen molar-refractivity contribution in [3.8, 4) is 0 Å². The van der Waals surface area contributed by atoms with Crippen molar-refractivity contribution < 1.29 is 9.72 Å². The van der Waals surface area contributed by atoms with E-state index in [4.69, 9.17) is 0 Å². The van der Waals surface area contributed by atoms with Crippen molar-refractivity contribution in [2.45, 2.75) is 30.6 Å². The van der Waals surface area contributed by atoms with Crippen LogP contribution in [0.2, 0.25) is 0 Å². The molecule has 1 aromatic carbocycles. The standard InChI is InChI=1S/C15H13N3O3S/c1-8-4-9(2)14-12(5-8)22-13-6-11(18(20)21)7-16-15(13)17(14)10(3)19/h4-7H,1-3H3. The van der Waals surface area contributed by atoms with E-state index >= 15 is 0 Å². The smallest absolute Gasteiger partial charge is 0.274 e. The van der Waals surface area contributed by atoms with Gasteiger partial charge in [-0.3, -0.25) is 19.8 Å². The molecule has 1 aliphatic heterocycles. The lowest BCUT2D eigenvalue weighted by molar-refractivity contribution is -0.385. The molecule has 2 aromatic rings. The first-order valence-electron chi connectivity index (χ1n) is 6.62. The van der Waals surface area contributed by atoms with Gasteiger partial charge in [-0.15, -0.1) is 0 Å². The Kier molecular flexibility index (Phi) is 3.37. The zero-order valence-electron chi connectivity index (χ0n) is 12.3. The number of rotatable bonds is 1. The Bertz CT molecular complexity index is 820. The van der Waals surface area contributed by atoms with E-state index in [0.717, 1.165) is 21.7 Å². The zero-order chi connectivity index (χ0) is 16.0. The molecular formula is C15H13N3O3S. The number of hydrogen-bond donors (Lipinski definition) is 0. The third-order valence-corrected chi connectivity index (χ3v) is 4.46. The average molecular weight is 315 g/mol. The topological polar surface area (TPSA) is 76.3 Å². The molecule has 0 bridgehead atoms. The van der Waals surface area contributed by atoms with Crippen LogP contribution < -0.4 is 4.90 Å². The van der Waals surface area contributed by atoms with Crippen molar-refractivity contribution in [3.63, 3.8) is 0 Å². The van der Waals surface area contributed by atoms with E-state index < -0.39 is 4.92 Å². The van der Waals surface area contributed by atoms with Gasteiger partial charge in [-0.1, -0.05) is 17.8 Å². The highest BCUT2D eigenvalue weighted by atomic mass is 32.2. The van der Waals surface area contributed by atoms with E-state index in [9.17, 15) is 14.9 Å². The van der Waals surface area contributed by atoms with Gasteiger partial charge in [-0.05, 0) is 31.0 Å². The summed E-state index contributed by atoms with van der Waals surface area (Å²) in [5, 5.41) is 10.9. The fourth-order valence-corrected chi connectivity index (χ4v) is 3.83. The Morgan fingerprint density at radius 3 is 2.64 bits per heavy atom. The predicted molar refractivity (Wildman–Crippen MR) is 83.8 cm³/mol. The molecule has 1 aliphatic rings. The number of amides is 1. The number of carbonyl (C=O) groups is 1. The maximum atomic E-state index is 12.1. The van der Waals surface area contributed by atoms with Crippen molar-refractivity contribution >= 4 is 34.9 Å². The molecule has 7 heteroatoms. The highest BCUT2D eigenvalue weighted by Gasteiger charge is 2.30. The quantitative estimate of drug-likeness (QED) is 0.591. The molecule has 0 atom stereocenters. The summed E-state index contributed by atoms with van der Waals surface area (Å²) in [5.41, 5.74) is 2.78. The lowest BCUT2D eigenvalue weighted by atomic mass is 10.1. The molecule has 2 heterocycles. The van der Waals surface area contributed by atoms with Gasteiger partial charge in [0.25, 0.3) is 5.69 Å². The normalized spacial score (nSPS) is 12.6. The Labute approximate surface area is 131 Å². The first-order chi connectivity index (χ1) is 10.4. The number of aryl methyl sites for hydroxylation is 2. The van der Waals surface area contributed by atoms with Crippen LogP contribution >= 0.6 is 11.8 Å². The second-order valence-corrected chi connectivity index (χ2v) is 6.24. The summed E-state index contributed by atoms with van der Waals surface area (Å²) in [5.74, 6) is 0.277. The lowest BCUT2D eigenvalue weighted by Gasteiger charge is -2.30. The monoisotopic (exact) mass is 315 g/mol. The molecule has 0 unspecified atom stereocenters. The van der Waals surface area contributed by atoms with E-state index in [2.05, 4.69) is 4.98 Å². The molecule has 0 aliphatic carbocycles. The van der Waals surface area contributed by atoms with Crippen molar-refractivity contribution in [3.05, 3.63) is 45.6 Å². The van der Waals surface area contributed by atoms with E-state index in [-0.39, 0.29) is 11.6 Å². The molecule has 1 aromatic heterocycles. The third kappa shape index (κ3) is 2.23. The second kappa shape index (κ2) is 5.10. The van der Waals surface area contributed by atoms with E-state index in [1.165, 1.54) is 35.8 Å². The number of anilines is 2. The Balaban J connectivity index is 2.25. The Morgan fingerprint density at radius 1 is 1.27 bits per heavy atom. The minimum Gasteiger partial charge on any atom is -0.274 e. The number of pyridine rings is 1. The Hall–Kier alpha value is -2.41. The van der Waals surface area contributed by atoms with Gasteiger partial charge in [0.2, 0.25) is 5.91 Å². The number of nitrogens with zero attached hydrogens (tertiary/aromatic N) is 3. The molecule has 1 amide bonds. The van der Waals surface area contributed by atoms with Gasteiger partial charge in [0, 0.05) is 17.9 Å². The van der Waals surface area contributed by atoms with Crippen LogP contribution in [0.25, 0.3) is 0 Å². The maximum Gasteiger partial charge on any atom is 0.288 e. The molecule has 0 N–H and O–H groups in total. The van der Waals surface area contributed by atoms with Gasteiger partial charge >= 0.3 is 0 Å². The lowest BCUT2D eigenvalue weighted by Crippen LogP contribution is -2.27. The molecule has 112 valence electrons. The van der Waals surface area contributed by atoms with Gasteiger partial charge in [0.05, 0.1) is 15.5 Å².